The number of benzene rings is 1. The second-order valence-electron chi connectivity index (χ2n) is 10.8. The van der Waals surface area contributed by atoms with Crippen LogP contribution in [0, 0.1) is 11.7 Å². The molecule has 1 aromatic heterocycles. The number of halogens is 2. The number of ether oxygens (including phenoxy) is 1. The first kappa shape index (κ1) is 27.9. The zero-order valence-electron chi connectivity index (χ0n) is 22.2. The summed E-state index contributed by atoms with van der Waals surface area (Å²) in [6.45, 7) is 7.59. The van der Waals surface area contributed by atoms with Crippen molar-refractivity contribution in [3.05, 3.63) is 35.0 Å². The molecule has 3 saturated heterocycles. The van der Waals surface area contributed by atoms with Gasteiger partial charge in [-0.1, -0.05) is 13.8 Å². The van der Waals surface area contributed by atoms with Crippen molar-refractivity contribution in [2.45, 2.75) is 43.8 Å². The van der Waals surface area contributed by atoms with Gasteiger partial charge in [-0.3, -0.25) is 14.4 Å². The van der Waals surface area contributed by atoms with E-state index in [1.165, 1.54) is 28.4 Å². The van der Waals surface area contributed by atoms with Crippen LogP contribution in [0.5, 0.6) is 0 Å². The molecule has 2 amide bonds. The van der Waals surface area contributed by atoms with E-state index in [4.69, 9.17) is 16.3 Å². The van der Waals surface area contributed by atoms with Crippen LogP contribution in [0.2, 0.25) is 0 Å². The lowest BCUT2D eigenvalue weighted by molar-refractivity contribution is -0.138. The molecule has 0 bridgehead atoms. The highest BCUT2D eigenvalue weighted by Crippen LogP contribution is 2.32. The molecule has 0 spiro atoms. The van der Waals surface area contributed by atoms with Gasteiger partial charge in [-0.15, -0.1) is 22.9 Å². The minimum Gasteiger partial charge on any atom is -0.366 e. The van der Waals surface area contributed by atoms with E-state index in [1.54, 1.807) is 6.07 Å². The third kappa shape index (κ3) is 5.82. The standard InChI is InChI=1S/C27H33ClFN5O4S/c1-15(2)10-20(26(37)34-12-18(28)24-23(34)22(35)13-38-24)30-25(36)16-4-5-17(19(29)11-16)21-14-39-27(31-21)33-8-6-32(3)7-9-33/h4-5,11,14-15,18,20,23-24H,6-10,12-13H2,1-3H3,(H,30,36). The number of ketones is 1. The van der Waals surface area contributed by atoms with Crippen LogP contribution in [0.25, 0.3) is 11.3 Å². The van der Waals surface area contributed by atoms with Crippen molar-refractivity contribution in [1.29, 1.82) is 0 Å². The molecule has 1 aromatic carbocycles. The van der Waals surface area contributed by atoms with Gasteiger partial charge in [0.1, 0.15) is 30.6 Å². The number of likely N-dealkylation sites (N-methyl/N-ethyl adjacent to an activating group) is 1. The van der Waals surface area contributed by atoms with Gasteiger partial charge in [0.05, 0.1) is 11.1 Å². The largest absolute Gasteiger partial charge is 0.366 e. The zero-order valence-corrected chi connectivity index (χ0v) is 23.8. The summed E-state index contributed by atoms with van der Waals surface area (Å²) in [6.07, 6.45) is -0.183. The lowest BCUT2D eigenvalue weighted by Crippen LogP contribution is -2.52. The molecule has 39 heavy (non-hydrogen) atoms. The Morgan fingerprint density at radius 2 is 2.00 bits per heavy atom. The van der Waals surface area contributed by atoms with E-state index in [-0.39, 0.29) is 36.3 Å². The summed E-state index contributed by atoms with van der Waals surface area (Å²) in [5.74, 6) is -1.63. The molecule has 3 aliphatic heterocycles. The van der Waals surface area contributed by atoms with Crippen LogP contribution in [0.3, 0.4) is 0 Å². The van der Waals surface area contributed by atoms with Crippen molar-refractivity contribution in [3.8, 4) is 11.3 Å². The number of hydrogen-bond acceptors (Lipinski definition) is 8. The maximum absolute atomic E-state index is 15.2. The maximum atomic E-state index is 15.2. The molecule has 0 saturated carbocycles. The number of nitrogens with zero attached hydrogens (tertiary/aromatic N) is 4. The number of carbonyl (C=O) groups is 3. The number of nitrogens with one attached hydrogen (secondary N) is 1. The van der Waals surface area contributed by atoms with E-state index >= 15 is 4.39 Å². The second kappa shape index (κ2) is 11.5. The lowest BCUT2D eigenvalue weighted by Gasteiger charge is -2.32. The first-order valence-electron chi connectivity index (χ1n) is 13.2. The number of anilines is 1. The Kier molecular flexibility index (Phi) is 8.23. The highest BCUT2D eigenvalue weighted by molar-refractivity contribution is 7.14. The van der Waals surface area contributed by atoms with Crippen LogP contribution in [0.15, 0.2) is 23.6 Å². The van der Waals surface area contributed by atoms with Gasteiger partial charge in [0, 0.05) is 49.2 Å². The number of thiazole rings is 1. The molecule has 4 atom stereocenters. The highest BCUT2D eigenvalue weighted by Gasteiger charge is 2.52. The van der Waals surface area contributed by atoms with Gasteiger partial charge in [-0.05, 0) is 37.6 Å². The summed E-state index contributed by atoms with van der Waals surface area (Å²) in [6, 6.07) is 2.63. The summed E-state index contributed by atoms with van der Waals surface area (Å²) < 4.78 is 20.7. The van der Waals surface area contributed by atoms with Crippen LogP contribution < -0.4 is 10.2 Å². The lowest BCUT2D eigenvalue weighted by atomic mass is 10.0. The number of amides is 2. The van der Waals surface area contributed by atoms with Crippen LogP contribution in [-0.4, -0.2) is 102 Å². The average molecular weight is 578 g/mol. The third-order valence-electron chi connectivity index (χ3n) is 7.49. The molecule has 1 N–H and O–H groups in total. The molecule has 0 radical (unpaired) electrons. The van der Waals surface area contributed by atoms with E-state index in [2.05, 4.69) is 27.1 Å². The van der Waals surface area contributed by atoms with E-state index in [0.29, 0.717) is 17.7 Å². The molecule has 12 heteroatoms. The average Bonchev–Trinajstić information content (AvgIpc) is 3.61. The van der Waals surface area contributed by atoms with E-state index in [9.17, 15) is 14.4 Å². The number of aromatic nitrogens is 1. The van der Waals surface area contributed by atoms with E-state index < -0.39 is 35.3 Å². The van der Waals surface area contributed by atoms with Crippen LogP contribution in [-0.2, 0) is 14.3 Å². The van der Waals surface area contributed by atoms with Crippen molar-refractivity contribution in [2.75, 3.05) is 51.3 Å². The number of carbonyl (C=O) groups excluding carboxylic acids is 3. The van der Waals surface area contributed by atoms with Gasteiger partial charge in [-0.25, -0.2) is 9.37 Å². The van der Waals surface area contributed by atoms with E-state index in [0.717, 1.165) is 31.3 Å². The minimum absolute atomic E-state index is 0.0784. The smallest absolute Gasteiger partial charge is 0.252 e. The van der Waals surface area contributed by atoms with Gasteiger partial charge in [0.15, 0.2) is 10.9 Å². The molecule has 210 valence electrons. The first-order chi connectivity index (χ1) is 18.6. The zero-order chi connectivity index (χ0) is 27.8. The quantitative estimate of drug-likeness (QED) is 0.506. The monoisotopic (exact) mass is 577 g/mol. The molecule has 2 aromatic rings. The topological polar surface area (TPSA) is 95.1 Å². The van der Waals surface area contributed by atoms with Gasteiger partial charge >= 0.3 is 0 Å². The SMILES string of the molecule is CC(C)CC(NC(=O)c1ccc(-c2csc(N3CCN(C)CC3)n2)c(F)c1)C(=O)N1CC(Cl)C2OCC(=O)C21. The molecule has 3 fully saturated rings. The number of fused-ring (bicyclic) bond motifs is 1. The van der Waals surface area contributed by atoms with Crippen LogP contribution in [0.1, 0.15) is 30.6 Å². The van der Waals surface area contributed by atoms with Crippen molar-refractivity contribution in [3.63, 3.8) is 0 Å². The first-order valence-corrected chi connectivity index (χ1v) is 14.5. The number of piperazine rings is 1. The molecule has 3 aliphatic rings. The second-order valence-corrected chi connectivity index (χ2v) is 12.2. The van der Waals surface area contributed by atoms with Gasteiger partial charge in [0.2, 0.25) is 5.91 Å². The Labute approximate surface area is 236 Å². The highest BCUT2D eigenvalue weighted by atomic mass is 35.5. The number of rotatable bonds is 7. The Bertz CT molecular complexity index is 1250. The number of alkyl halides is 1. The fourth-order valence-corrected chi connectivity index (χ4v) is 6.59. The van der Waals surface area contributed by atoms with Crippen LogP contribution in [0.4, 0.5) is 9.52 Å². The summed E-state index contributed by atoms with van der Waals surface area (Å²) in [4.78, 5) is 49.5. The fraction of sp³-hybridized carbons (Fsp3) is 0.556. The van der Waals surface area contributed by atoms with Gasteiger partial charge in [0.25, 0.3) is 5.91 Å². The Hall–Kier alpha value is -2.60. The van der Waals surface area contributed by atoms with E-state index in [1.807, 2.05) is 19.2 Å². The summed E-state index contributed by atoms with van der Waals surface area (Å²) in [7, 11) is 2.08. The van der Waals surface area contributed by atoms with Crippen molar-refractivity contribution in [1.82, 2.24) is 20.1 Å². The third-order valence-corrected chi connectivity index (χ3v) is 8.78. The fourth-order valence-electron chi connectivity index (χ4n) is 5.35. The number of hydrogen-bond donors (Lipinski definition) is 1. The van der Waals surface area contributed by atoms with Gasteiger partial charge in [-0.2, -0.15) is 0 Å². The Morgan fingerprint density at radius 3 is 2.69 bits per heavy atom. The van der Waals surface area contributed by atoms with Crippen LogP contribution >= 0.6 is 22.9 Å². The Balaban J connectivity index is 1.29. The molecular formula is C27H33ClFN5O4S. The Morgan fingerprint density at radius 1 is 1.26 bits per heavy atom. The molecule has 4 heterocycles. The maximum Gasteiger partial charge on any atom is 0.252 e. The predicted octanol–water partition coefficient (Wildman–Crippen LogP) is 2.63. The predicted molar refractivity (Wildman–Crippen MR) is 148 cm³/mol. The normalized spacial score (nSPS) is 24.4. The number of likely N-dealkylation sites (tertiary alicyclic amines) is 1. The molecule has 5 rings (SSSR count). The number of Topliss-reactive ketones (excluding diaryl/α,β-unsaturated/α-hetero) is 1. The molecule has 0 aliphatic carbocycles. The summed E-state index contributed by atoms with van der Waals surface area (Å²) in [5, 5.41) is 4.95. The van der Waals surface area contributed by atoms with Gasteiger partial charge < -0.3 is 24.8 Å². The molecule has 9 nitrogen and oxygen atoms in total. The molecular weight excluding hydrogens is 545 g/mol. The summed E-state index contributed by atoms with van der Waals surface area (Å²) in [5.41, 5.74) is 0.935. The minimum atomic E-state index is -0.888. The summed E-state index contributed by atoms with van der Waals surface area (Å²) >= 11 is 7.83. The van der Waals surface area contributed by atoms with Crippen molar-refractivity contribution < 1.29 is 23.5 Å². The van der Waals surface area contributed by atoms with Crippen molar-refractivity contribution >= 4 is 45.7 Å². The molecule has 4 unspecified atom stereocenters. The van der Waals surface area contributed by atoms with Crippen molar-refractivity contribution in [2.24, 2.45) is 5.92 Å².